The minimum absolute atomic E-state index is 0.00316. The number of rotatable bonds is 4. The number of carbonyl (C=O) groups excluding carboxylic acids is 1. The molecule has 0 saturated carbocycles. The van der Waals surface area contributed by atoms with Crippen molar-refractivity contribution in [1.29, 1.82) is 0 Å². The summed E-state index contributed by atoms with van der Waals surface area (Å²) in [6, 6.07) is 7.42. The van der Waals surface area contributed by atoms with Crippen LogP contribution in [0.3, 0.4) is 0 Å². The Morgan fingerprint density at radius 3 is 2.67 bits per heavy atom. The van der Waals surface area contributed by atoms with Gasteiger partial charge in [0.15, 0.2) is 0 Å². The standard InChI is InChI=1S/C14H12ClN3O3/c15-9-3-8(14(20)21)4-12(5-9)18-13(19)6-11-2-1-10(16)7-17-11/h1-5,7H,6,16H2,(H,18,19)(H,20,21). The Labute approximate surface area is 125 Å². The van der Waals surface area contributed by atoms with E-state index in [9.17, 15) is 9.59 Å². The van der Waals surface area contributed by atoms with Crippen LogP contribution < -0.4 is 11.1 Å². The highest BCUT2D eigenvalue weighted by atomic mass is 35.5. The van der Waals surface area contributed by atoms with Crippen LogP contribution in [0.4, 0.5) is 11.4 Å². The second-order valence-corrected chi connectivity index (χ2v) is 4.78. The van der Waals surface area contributed by atoms with Gasteiger partial charge >= 0.3 is 5.97 Å². The van der Waals surface area contributed by atoms with Gasteiger partial charge in [-0.3, -0.25) is 9.78 Å². The third-order valence-corrected chi connectivity index (χ3v) is 2.84. The first kappa shape index (κ1) is 14.8. The number of anilines is 2. The van der Waals surface area contributed by atoms with Crippen LogP contribution in [0.25, 0.3) is 0 Å². The molecule has 1 aromatic heterocycles. The lowest BCUT2D eigenvalue weighted by atomic mass is 10.2. The molecule has 1 amide bonds. The van der Waals surface area contributed by atoms with Gasteiger partial charge in [-0.25, -0.2) is 4.79 Å². The van der Waals surface area contributed by atoms with Crippen LogP contribution in [0.1, 0.15) is 16.1 Å². The second kappa shape index (κ2) is 6.23. The summed E-state index contributed by atoms with van der Waals surface area (Å²) in [5.74, 6) is -1.45. The molecule has 0 unspecified atom stereocenters. The zero-order valence-electron chi connectivity index (χ0n) is 10.8. The molecule has 0 radical (unpaired) electrons. The molecule has 0 atom stereocenters. The second-order valence-electron chi connectivity index (χ2n) is 4.34. The van der Waals surface area contributed by atoms with Crippen molar-refractivity contribution in [2.45, 2.75) is 6.42 Å². The zero-order chi connectivity index (χ0) is 15.4. The van der Waals surface area contributed by atoms with Gasteiger partial charge in [0.1, 0.15) is 0 Å². The van der Waals surface area contributed by atoms with Gasteiger partial charge in [0.05, 0.1) is 23.9 Å². The van der Waals surface area contributed by atoms with E-state index in [0.29, 0.717) is 17.1 Å². The first-order chi connectivity index (χ1) is 9.94. The normalized spacial score (nSPS) is 10.1. The molecule has 1 aromatic carbocycles. The molecule has 0 aliphatic rings. The largest absolute Gasteiger partial charge is 0.478 e. The molecule has 0 aliphatic heterocycles. The van der Waals surface area contributed by atoms with Crippen LogP contribution in [-0.2, 0) is 11.2 Å². The quantitative estimate of drug-likeness (QED) is 0.803. The highest BCUT2D eigenvalue weighted by Crippen LogP contribution is 2.19. The van der Waals surface area contributed by atoms with Gasteiger partial charge in [-0.15, -0.1) is 0 Å². The van der Waals surface area contributed by atoms with Crippen LogP contribution in [0.5, 0.6) is 0 Å². The Balaban J connectivity index is 2.09. The van der Waals surface area contributed by atoms with Crippen molar-refractivity contribution in [3.8, 4) is 0 Å². The number of nitrogens with two attached hydrogens (primary N) is 1. The van der Waals surface area contributed by atoms with E-state index in [-0.39, 0.29) is 22.9 Å². The summed E-state index contributed by atoms with van der Waals surface area (Å²) in [5.41, 5.74) is 6.90. The number of hydrogen-bond acceptors (Lipinski definition) is 4. The van der Waals surface area contributed by atoms with E-state index >= 15 is 0 Å². The average Bonchev–Trinajstić information content (AvgIpc) is 2.40. The summed E-state index contributed by atoms with van der Waals surface area (Å²) in [7, 11) is 0. The summed E-state index contributed by atoms with van der Waals surface area (Å²) in [5, 5.41) is 11.8. The lowest BCUT2D eigenvalue weighted by Gasteiger charge is -2.07. The van der Waals surface area contributed by atoms with Crippen LogP contribution in [0.15, 0.2) is 36.5 Å². The summed E-state index contributed by atoms with van der Waals surface area (Å²) in [6.07, 6.45) is 1.51. The molecule has 0 fully saturated rings. The number of pyridine rings is 1. The number of halogens is 1. The highest BCUT2D eigenvalue weighted by molar-refractivity contribution is 6.31. The lowest BCUT2D eigenvalue weighted by Crippen LogP contribution is -2.15. The minimum Gasteiger partial charge on any atom is -0.478 e. The Morgan fingerprint density at radius 2 is 2.05 bits per heavy atom. The summed E-state index contributed by atoms with van der Waals surface area (Å²) in [6.45, 7) is 0. The van der Waals surface area contributed by atoms with Gasteiger partial charge < -0.3 is 16.2 Å². The smallest absolute Gasteiger partial charge is 0.335 e. The highest BCUT2D eigenvalue weighted by Gasteiger charge is 2.09. The van der Waals surface area contributed by atoms with Crippen molar-refractivity contribution < 1.29 is 14.7 Å². The number of amides is 1. The average molecular weight is 306 g/mol. The molecular formula is C14H12ClN3O3. The molecule has 1 heterocycles. The number of carboxylic acids is 1. The molecule has 0 spiro atoms. The topological polar surface area (TPSA) is 105 Å². The van der Waals surface area contributed by atoms with Crippen LogP contribution in [-0.4, -0.2) is 22.0 Å². The first-order valence-corrected chi connectivity index (χ1v) is 6.36. The van der Waals surface area contributed by atoms with Gasteiger partial charge in [-0.1, -0.05) is 11.6 Å². The fourth-order valence-corrected chi connectivity index (χ4v) is 1.93. The number of nitrogen functional groups attached to an aromatic ring is 1. The fourth-order valence-electron chi connectivity index (χ4n) is 1.70. The van der Waals surface area contributed by atoms with Gasteiger partial charge in [-0.2, -0.15) is 0 Å². The van der Waals surface area contributed by atoms with E-state index < -0.39 is 5.97 Å². The van der Waals surface area contributed by atoms with Crippen molar-refractivity contribution in [1.82, 2.24) is 4.98 Å². The van der Waals surface area contributed by atoms with E-state index in [0.717, 1.165) is 0 Å². The molecule has 6 nitrogen and oxygen atoms in total. The molecule has 21 heavy (non-hydrogen) atoms. The molecular weight excluding hydrogens is 294 g/mol. The Kier molecular flexibility index (Phi) is 4.39. The maximum Gasteiger partial charge on any atom is 0.335 e. The number of aromatic carboxylic acids is 1. The lowest BCUT2D eigenvalue weighted by molar-refractivity contribution is -0.115. The predicted molar refractivity (Wildman–Crippen MR) is 79.4 cm³/mol. The van der Waals surface area contributed by atoms with Crippen LogP contribution >= 0.6 is 11.6 Å². The van der Waals surface area contributed by atoms with Crippen molar-refractivity contribution in [2.24, 2.45) is 0 Å². The third-order valence-electron chi connectivity index (χ3n) is 2.62. The molecule has 2 rings (SSSR count). The van der Waals surface area contributed by atoms with Gasteiger partial charge in [0, 0.05) is 16.4 Å². The molecule has 4 N–H and O–H groups in total. The number of nitrogens with one attached hydrogen (secondary N) is 1. The molecule has 0 saturated heterocycles. The Morgan fingerprint density at radius 1 is 1.29 bits per heavy atom. The molecule has 0 bridgehead atoms. The summed E-state index contributed by atoms with van der Waals surface area (Å²) >= 11 is 5.81. The van der Waals surface area contributed by atoms with Gasteiger partial charge in [-0.05, 0) is 30.3 Å². The molecule has 7 heteroatoms. The summed E-state index contributed by atoms with van der Waals surface area (Å²) in [4.78, 5) is 26.8. The Bertz CT molecular complexity index is 686. The number of benzene rings is 1. The van der Waals surface area contributed by atoms with E-state index in [4.69, 9.17) is 22.4 Å². The molecule has 0 aliphatic carbocycles. The first-order valence-electron chi connectivity index (χ1n) is 5.98. The summed E-state index contributed by atoms with van der Waals surface area (Å²) < 4.78 is 0. The third kappa shape index (κ3) is 4.19. The van der Waals surface area contributed by atoms with Crippen molar-refractivity contribution >= 4 is 34.9 Å². The molecule has 2 aromatic rings. The van der Waals surface area contributed by atoms with E-state index in [1.165, 1.54) is 24.4 Å². The molecule has 108 valence electrons. The number of aromatic nitrogens is 1. The van der Waals surface area contributed by atoms with E-state index in [2.05, 4.69) is 10.3 Å². The van der Waals surface area contributed by atoms with Gasteiger partial charge in [0.2, 0.25) is 5.91 Å². The zero-order valence-corrected chi connectivity index (χ0v) is 11.6. The van der Waals surface area contributed by atoms with Gasteiger partial charge in [0.25, 0.3) is 0 Å². The predicted octanol–water partition coefficient (Wildman–Crippen LogP) is 2.20. The monoisotopic (exact) mass is 305 g/mol. The number of carbonyl (C=O) groups is 2. The minimum atomic E-state index is -1.12. The maximum atomic E-state index is 11.9. The SMILES string of the molecule is Nc1ccc(CC(=O)Nc2cc(Cl)cc(C(=O)O)c2)nc1. The number of carboxylic acid groups (broad SMARTS) is 1. The fraction of sp³-hybridized carbons (Fsp3) is 0.0714. The van der Waals surface area contributed by atoms with Crippen molar-refractivity contribution in [3.63, 3.8) is 0 Å². The van der Waals surface area contributed by atoms with E-state index in [1.807, 2.05) is 0 Å². The maximum absolute atomic E-state index is 11.9. The van der Waals surface area contributed by atoms with Crippen LogP contribution in [0, 0.1) is 0 Å². The van der Waals surface area contributed by atoms with Crippen molar-refractivity contribution in [3.05, 3.63) is 52.8 Å². The van der Waals surface area contributed by atoms with Crippen LogP contribution in [0.2, 0.25) is 5.02 Å². The van der Waals surface area contributed by atoms with Crippen molar-refractivity contribution in [2.75, 3.05) is 11.1 Å². The number of nitrogens with zero attached hydrogens (tertiary/aromatic N) is 1. The Hall–Kier alpha value is -2.60. The number of hydrogen-bond donors (Lipinski definition) is 3. The van der Waals surface area contributed by atoms with E-state index in [1.54, 1.807) is 12.1 Å².